The van der Waals surface area contributed by atoms with Gasteiger partial charge < -0.3 is 5.11 Å². The third-order valence-corrected chi connectivity index (χ3v) is 1.92. The molecule has 1 fully saturated rings. The number of aliphatic hydroxyl groups excluding tert-OH is 1. The Hall–Kier alpha value is -0.960. The summed E-state index contributed by atoms with van der Waals surface area (Å²) in [6, 6.07) is 0. The Labute approximate surface area is 65.1 Å². The number of hydrogen-bond donors (Lipinski definition) is 1. The average Bonchev–Trinajstić information content (AvgIpc) is 2.87. The van der Waals surface area contributed by atoms with E-state index in [0.717, 1.165) is 11.4 Å². The molecule has 0 radical (unpaired) electrons. The molecule has 0 unspecified atom stereocenters. The molecule has 1 aliphatic carbocycles. The van der Waals surface area contributed by atoms with Crippen LogP contribution in [0.25, 0.3) is 0 Å². The quantitative estimate of drug-likeness (QED) is 0.679. The van der Waals surface area contributed by atoms with Crippen LogP contribution in [0.1, 0.15) is 30.1 Å². The fourth-order valence-electron chi connectivity index (χ4n) is 1.20. The van der Waals surface area contributed by atoms with Crippen LogP contribution >= 0.6 is 0 Å². The minimum Gasteiger partial charge on any atom is -0.390 e. The molecule has 0 spiro atoms. The molecule has 1 aromatic rings. The number of rotatable bonds is 2. The smallest absolute Gasteiger partial charge is 0.0875 e. The minimum atomic E-state index is 0.0136. The molecule has 3 heteroatoms. The van der Waals surface area contributed by atoms with E-state index in [2.05, 4.69) is 9.97 Å². The van der Waals surface area contributed by atoms with Gasteiger partial charge in [0.2, 0.25) is 0 Å². The van der Waals surface area contributed by atoms with Gasteiger partial charge in [0.25, 0.3) is 0 Å². The van der Waals surface area contributed by atoms with Crippen molar-refractivity contribution in [2.45, 2.75) is 25.4 Å². The highest BCUT2D eigenvalue weighted by Gasteiger charge is 2.27. The van der Waals surface area contributed by atoms with Gasteiger partial charge in [-0.3, -0.25) is 9.97 Å². The first kappa shape index (κ1) is 6.73. The third kappa shape index (κ3) is 1.24. The van der Waals surface area contributed by atoms with E-state index in [1.54, 1.807) is 12.4 Å². The molecule has 0 saturated heterocycles. The molecule has 0 aliphatic heterocycles. The largest absolute Gasteiger partial charge is 0.390 e. The van der Waals surface area contributed by atoms with Crippen LogP contribution in [0.4, 0.5) is 0 Å². The molecule has 1 heterocycles. The Morgan fingerprint density at radius 1 is 1.36 bits per heavy atom. The first-order valence-corrected chi connectivity index (χ1v) is 3.82. The molecule has 1 aromatic heterocycles. The fraction of sp³-hybridized carbons (Fsp3) is 0.500. The van der Waals surface area contributed by atoms with Crippen LogP contribution in [-0.2, 0) is 6.61 Å². The van der Waals surface area contributed by atoms with Gasteiger partial charge in [0.1, 0.15) is 0 Å². The Morgan fingerprint density at radius 3 is 2.73 bits per heavy atom. The van der Waals surface area contributed by atoms with E-state index in [9.17, 15) is 0 Å². The predicted molar refractivity (Wildman–Crippen MR) is 39.9 cm³/mol. The lowest BCUT2D eigenvalue weighted by atomic mass is 10.2. The number of hydrogen-bond acceptors (Lipinski definition) is 3. The fourth-order valence-corrected chi connectivity index (χ4v) is 1.20. The number of nitrogens with zero attached hydrogens (tertiary/aromatic N) is 2. The minimum absolute atomic E-state index is 0.0136. The predicted octanol–water partition coefficient (Wildman–Crippen LogP) is 0.846. The maximum absolute atomic E-state index is 8.89. The van der Waals surface area contributed by atoms with Crippen LogP contribution in [-0.4, -0.2) is 15.1 Å². The second-order valence-corrected chi connectivity index (χ2v) is 2.82. The molecule has 2 rings (SSSR count). The van der Waals surface area contributed by atoms with E-state index in [1.807, 2.05) is 0 Å². The van der Waals surface area contributed by atoms with Crippen molar-refractivity contribution < 1.29 is 5.11 Å². The van der Waals surface area contributed by atoms with Crippen molar-refractivity contribution >= 4 is 0 Å². The summed E-state index contributed by atoms with van der Waals surface area (Å²) in [5.41, 5.74) is 1.74. The summed E-state index contributed by atoms with van der Waals surface area (Å²) in [5.74, 6) is 0.575. The topological polar surface area (TPSA) is 46.0 Å². The van der Waals surface area contributed by atoms with Crippen molar-refractivity contribution in [2.75, 3.05) is 0 Å². The summed E-state index contributed by atoms with van der Waals surface area (Å²) in [4.78, 5) is 8.23. The molecule has 1 saturated carbocycles. The van der Waals surface area contributed by atoms with Gasteiger partial charge in [-0.15, -0.1) is 0 Å². The Kier molecular flexibility index (Phi) is 1.58. The molecule has 0 amide bonds. The van der Waals surface area contributed by atoms with Crippen LogP contribution in [0.5, 0.6) is 0 Å². The summed E-state index contributed by atoms with van der Waals surface area (Å²) in [7, 11) is 0. The van der Waals surface area contributed by atoms with Gasteiger partial charge in [-0.2, -0.15) is 0 Å². The van der Waals surface area contributed by atoms with Crippen LogP contribution in [0.15, 0.2) is 12.4 Å². The lowest BCUT2D eigenvalue weighted by Crippen LogP contribution is -1.98. The highest BCUT2D eigenvalue weighted by Crippen LogP contribution is 2.39. The van der Waals surface area contributed by atoms with E-state index < -0.39 is 0 Å². The standard InChI is InChI=1S/C8H10N2O/c11-5-7-8(6-1-2-6)10-4-3-9-7/h3-4,6,11H,1-2,5H2. The summed E-state index contributed by atoms with van der Waals surface area (Å²) in [6.45, 7) is 0.0136. The zero-order valence-electron chi connectivity index (χ0n) is 6.20. The Balaban J connectivity index is 2.34. The van der Waals surface area contributed by atoms with E-state index in [4.69, 9.17) is 5.11 Å². The summed E-state index contributed by atoms with van der Waals surface area (Å²) < 4.78 is 0. The van der Waals surface area contributed by atoms with Crippen molar-refractivity contribution in [3.8, 4) is 0 Å². The lowest BCUT2D eigenvalue weighted by molar-refractivity contribution is 0.274. The SMILES string of the molecule is OCc1nccnc1C1CC1. The zero-order chi connectivity index (χ0) is 7.68. The van der Waals surface area contributed by atoms with Gasteiger partial charge in [0.15, 0.2) is 0 Å². The van der Waals surface area contributed by atoms with Gasteiger partial charge in [-0.1, -0.05) is 0 Å². The molecule has 1 aliphatic rings. The molecule has 0 bridgehead atoms. The average molecular weight is 150 g/mol. The number of aliphatic hydroxyl groups is 1. The first-order valence-electron chi connectivity index (χ1n) is 3.82. The van der Waals surface area contributed by atoms with Crippen molar-refractivity contribution in [3.63, 3.8) is 0 Å². The molecule has 58 valence electrons. The van der Waals surface area contributed by atoms with E-state index >= 15 is 0 Å². The summed E-state index contributed by atoms with van der Waals surface area (Å²) >= 11 is 0. The maximum atomic E-state index is 8.89. The molecule has 11 heavy (non-hydrogen) atoms. The van der Waals surface area contributed by atoms with Crippen LogP contribution < -0.4 is 0 Å². The van der Waals surface area contributed by atoms with Gasteiger partial charge in [0, 0.05) is 18.3 Å². The molecular weight excluding hydrogens is 140 g/mol. The second kappa shape index (κ2) is 2.58. The van der Waals surface area contributed by atoms with Crippen molar-refractivity contribution in [1.82, 2.24) is 9.97 Å². The maximum Gasteiger partial charge on any atom is 0.0875 e. The monoisotopic (exact) mass is 150 g/mol. The van der Waals surface area contributed by atoms with Gasteiger partial charge >= 0.3 is 0 Å². The zero-order valence-corrected chi connectivity index (χ0v) is 6.20. The van der Waals surface area contributed by atoms with Gasteiger partial charge in [-0.25, -0.2) is 0 Å². The van der Waals surface area contributed by atoms with Crippen molar-refractivity contribution in [3.05, 3.63) is 23.8 Å². The normalized spacial score (nSPS) is 16.8. The van der Waals surface area contributed by atoms with Gasteiger partial charge in [0.05, 0.1) is 18.0 Å². The van der Waals surface area contributed by atoms with Crippen LogP contribution in [0, 0.1) is 0 Å². The van der Waals surface area contributed by atoms with E-state index in [-0.39, 0.29) is 6.61 Å². The first-order chi connectivity index (χ1) is 5.42. The van der Waals surface area contributed by atoms with Crippen molar-refractivity contribution in [2.24, 2.45) is 0 Å². The van der Waals surface area contributed by atoms with Crippen LogP contribution in [0.2, 0.25) is 0 Å². The Morgan fingerprint density at radius 2 is 2.09 bits per heavy atom. The summed E-state index contributed by atoms with van der Waals surface area (Å²) in [5, 5.41) is 8.89. The highest BCUT2D eigenvalue weighted by molar-refractivity contribution is 5.19. The van der Waals surface area contributed by atoms with E-state index in [1.165, 1.54) is 12.8 Å². The van der Waals surface area contributed by atoms with Crippen LogP contribution in [0.3, 0.4) is 0 Å². The highest BCUT2D eigenvalue weighted by atomic mass is 16.3. The second-order valence-electron chi connectivity index (χ2n) is 2.82. The lowest BCUT2D eigenvalue weighted by Gasteiger charge is -2.00. The Bertz CT molecular complexity index is 258. The molecule has 3 nitrogen and oxygen atoms in total. The van der Waals surface area contributed by atoms with Crippen molar-refractivity contribution in [1.29, 1.82) is 0 Å². The van der Waals surface area contributed by atoms with Gasteiger partial charge in [-0.05, 0) is 12.8 Å². The number of aromatic nitrogens is 2. The summed E-state index contributed by atoms with van der Waals surface area (Å²) in [6.07, 6.45) is 5.71. The third-order valence-electron chi connectivity index (χ3n) is 1.92. The molecular formula is C8H10N2O. The van der Waals surface area contributed by atoms with E-state index in [0.29, 0.717) is 5.92 Å². The molecule has 1 N–H and O–H groups in total. The molecule has 0 atom stereocenters. The molecule has 0 aromatic carbocycles.